The Balaban J connectivity index is 1.53. The van der Waals surface area contributed by atoms with Gasteiger partial charge in [-0.3, -0.25) is 15.1 Å². The quantitative estimate of drug-likeness (QED) is 0.250. The number of nitrogens with zero attached hydrogens (tertiary/aromatic N) is 1. The third-order valence-corrected chi connectivity index (χ3v) is 7.19. The average Bonchev–Trinajstić information content (AvgIpc) is 3.11. The molecule has 200 valence electrons. The molecule has 1 unspecified atom stereocenters. The van der Waals surface area contributed by atoms with Crippen LogP contribution in [0.1, 0.15) is 75.8 Å². The van der Waals surface area contributed by atoms with E-state index in [0.717, 1.165) is 36.8 Å². The lowest BCUT2D eigenvalue weighted by atomic mass is 9.77. The van der Waals surface area contributed by atoms with Crippen LogP contribution >= 0.6 is 0 Å². The third kappa shape index (κ3) is 7.93. The normalized spacial score (nSPS) is 20.4. The summed E-state index contributed by atoms with van der Waals surface area (Å²) in [6, 6.07) is 7.49. The highest BCUT2D eigenvalue weighted by Gasteiger charge is 2.49. The Morgan fingerprint density at radius 1 is 1.17 bits per heavy atom. The maximum absolute atomic E-state index is 13.7. The summed E-state index contributed by atoms with van der Waals surface area (Å²) in [6.07, 6.45) is 9.73. The zero-order valence-corrected chi connectivity index (χ0v) is 21.6. The number of ether oxygens (including phenoxy) is 1. The molecule has 0 aromatic heterocycles. The number of unbranched alkanes of at least 4 members (excludes halogenated alkanes) is 1. The number of guanidine groups is 1. The Bertz CT molecular complexity index is 856. The van der Waals surface area contributed by atoms with E-state index >= 15 is 0 Å². The molecule has 0 spiro atoms. The maximum atomic E-state index is 13.7. The zero-order valence-electron chi connectivity index (χ0n) is 21.6. The summed E-state index contributed by atoms with van der Waals surface area (Å²) in [5, 5.41) is 26.1. The van der Waals surface area contributed by atoms with Crippen LogP contribution in [0.2, 0.25) is 0 Å². The fraction of sp³-hybridized carbons (Fsp3) is 0.667. The second-order valence-electron chi connectivity index (χ2n) is 10.0. The first-order valence-corrected chi connectivity index (χ1v) is 13.4. The Morgan fingerprint density at radius 2 is 1.89 bits per heavy atom. The van der Waals surface area contributed by atoms with Crippen molar-refractivity contribution in [1.82, 2.24) is 20.9 Å². The van der Waals surface area contributed by atoms with E-state index in [1.54, 1.807) is 4.90 Å². The molecule has 3 rings (SSSR count). The van der Waals surface area contributed by atoms with Crippen molar-refractivity contribution in [3.8, 4) is 0 Å². The van der Waals surface area contributed by atoms with Crippen LogP contribution in [0.4, 0.5) is 4.79 Å². The highest BCUT2D eigenvalue weighted by atomic mass is 16.5. The predicted molar refractivity (Wildman–Crippen MR) is 139 cm³/mol. The van der Waals surface area contributed by atoms with Gasteiger partial charge in [0, 0.05) is 13.1 Å². The van der Waals surface area contributed by atoms with Crippen LogP contribution in [0.15, 0.2) is 24.3 Å². The lowest BCUT2D eigenvalue weighted by Gasteiger charge is -2.33. The first kappa shape index (κ1) is 27.9. The molecule has 1 saturated heterocycles. The molecule has 36 heavy (non-hydrogen) atoms. The van der Waals surface area contributed by atoms with Gasteiger partial charge in [-0.05, 0) is 29.9 Å². The predicted octanol–water partition coefficient (Wildman–Crippen LogP) is 3.26. The van der Waals surface area contributed by atoms with Gasteiger partial charge in [0.15, 0.2) is 5.96 Å². The van der Waals surface area contributed by atoms with Gasteiger partial charge in [0.25, 0.3) is 5.91 Å². The first-order valence-electron chi connectivity index (χ1n) is 13.4. The molecule has 1 atom stereocenters. The molecular formula is C27H43N5O4. The average molecular weight is 502 g/mol. The van der Waals surface area contributed by atoms with Gasteiger partial charge < -0.3 is 25.8 Å². The number of hydrogen-bond acceptors (Lipinski definition) is 5. The van der Waals surface area contributed by atoms with E-state index < -0.39 is 5.54 Å². The molecule has 9 heteroatoms. The monoisotopic (exact) mass is 501 g/mol. The Labute approximate surface area is 214 Å². The SMILES string of the molecule is CCCCC1(CC2CCCCC2)NC(=N)N(Cc2ccc(CNC(=O)NCCOCCO)cc2)C1=O. The highest BCUT2D eigenvalue weighted by Crippen LogP contribution is 2.36. The Kier molecular flexibility index (Phi) is 11.0. The van der Waals surface area contributed by atoms with Crippen molar-refractivity contribution < 1.29 is 19.4 Å². The highest BCUT2D eigenvalue weighted by molar-refractivity contribution is 6.07. The number of nitrogens with one attached hydrogen (secondary N) is 4. The molecule has 1 heterocycles. The molecule has 5 N–H and O–H groups in total. The van der Waals surface area contributed by atoms with Crippen LogP contribution < -0.4 is 16.0 Å². The standard InChI is InChI=1S/C27H43N5O4/c1-2-3-13-27(18-21-7-5-4-6-8-21)24(34)32(25(28)31-27)20-23-11-9-22(10-12-23)19-30-26(35)29-14-16-36-17-15-33/h9-12,21,33H,2-8,13-20H2,1H3,(H2,28,31)(H2,29,30,35). The van der Waals surface area contributed by atoms with Crippen LogP contribution in [0.3, 0.4) is 0 Å². The summed E-state index contributed by atoms with van der Waals surface area (Å²) < 4.78 is 5.11. The van der Waals surface area contributed by atoms with Gasteiger partial charge in [-0.2, -0.15) is 0 Å². The Hall–Kier alpha value is -2.65. The van der Waals surface area contributed by atoms with Crippen LogP contribution in [0.25, 0.3) is 0 Å². The van der Waals surface area contributed by atoms with Gasteiger partial charge in [0.05, 0.1) is 26.4 Å². The summed E-state index contributed by atoms with van der Waals surface area (Å²) >= 11 is 0. The molecule has 2 aliphatic rings. The molecule has 1 aliphatic heterocycles. The van der Waals surface area contributed by atoms with Gasteiger partial charge in [-0.25, -0.2) is 4.79 Å². The minimum atomic E-state index is -0.643. The van der Waals surface area contributed by atoms with Crippen LogP contribution in [-0.4, -0.2) is 59.8 Å². The zero-order chi connectivity index (χ0) is 25.8. The van der Waals surface area contributed by atoms with Gasteiger partial charge in [0.1, 0.15) is 5.54 Å². The number of hydrogen-bond donors (Lipinski definition) is 5. The molecule has 1 aliphatic carbocycles. The van der Waals surface area contributed by atoms with E-state index in [9.17, 15) is 9.59 Å². The molecule has 0 radical (unpaired) electrons. The number of urea groups is 1. The van der Waals surface area contributed by atoms with Gasteiger partial charge >= 0.3 is 6.03 Å². The molecule has 2 fully saturated rings. The smallest absolute Gasteiger partial charge is 0.315 e. The Morgan fingerprint density at radius 3 is 2.58 bits per heavy atom. The number of aliphatic hydroxyl groups excluding tert-OH is 1. The molecule has 1 aromatic carbocycles. The van der Waals surface area contributed by atoms with Crippen molar-refractivity contribution in [3.63, 3.8) is 0 Å². The van der Waals surface area contributed by atoms with Gasteiger partial charge in [-0.15, -0.1) is 0 Å². The van der Waals surface area contributed by atoms with Crippen molar-refractivity contribution in [2.24, 2.45) is 5.92 Å². The summed E-state index contributed by atoms with van der Waals surface area (Å²) in [5.74, 6) is 0.797. The van der Waals surface area contributed by atoms with Crippen molar-refractivity contribution in [2.45, 2.75) is 83.3 Å². The van der Waals surface area contributed by atoms with Crippen molar-refractivity contribution in [3.05, 3.63) is 35.4 Å². The van der Waals surface area contributed by atoms with Gasteiger partial charge in [-0.1, -0.05) is 76.1 Å². The van der Waals surface area contributed by atoms with E-state index in [2.05, 4.69) is 22.9 Å². The van der Waals surface area contributed by atoms with Crippen molar-refractivity contribution in [2.75, 3.05) is 26.4 Å². The lowest BCUT2D eigenvalue weighted by Crippen LogP contribution is -2.48. The molecular weight excluding hydrogens is 458 g/mol. The summed E-state index contributed by atoms with van der Waals surface area (Å²) in [6.45, 7) is 3.83. The van der Waals surface area contributed by atoms with Crippen molar-refractivity contribution in [1.29, 1.82) is 5.41 Å². The minimum Gasteiger partial charge on any atom is -0.394 e. The number of aliphatic hydroxyl groups is 1. The van der Waals surface area contributed by atoms with E-state index in [1.165, 1.54) is 32.1 Å². The first-order chi connectivity index (χ1) is 17.5. The summed E-state index contributed by atoms with van der Waals surface area (Å²) in [7, 11) is 0. The summed E-state index contributed by atoms with van der Waals surface area (Å²) in [5.41, 5.74) is 1.25. The van der Waals surface area contributed by atoms with Crippen LogP contribution in [0.5, 0.6) is 0 Å². The summed E-state index contributed by atoms with van der Waals surface area (Å²) in [4.78, 5) is 27.1. The third-order valence-electron chi connectivity index (χ3n) is 7.19. The minimum absolute atomic E-state index is 0.0358. The molecule has 9 nitrogen and oxygen atoms in total. The second-order valence-corrected chi connectivity index (χ2v) is 10.0. The fourth-order valence-corrected chi connectivity index (χ4v) is 5.22. The molecule has 3 amide bonds. The van der Waals surface area contributed by atoms with Gasteiger partial charge in [0.2, 0.25) is 0 Å². The van der Waals surface area contributed by atoms with Crippen molar-refractivity contribution >= 4 is 17.9 Å². The van der Waals surface area contributed by atoms with E-state index in [1.807, 2.05) is 24.3 Å². The topological polar surface area (TPSA) is 127 Å². The van der Waals surface area contributed by atoms with Crippen LogP contribution in [0, 0.1) is 11.3 Å². The molecule has 1 aromatic rings. The second kappa shape index (κ2) is 14.2. The van der Waals surface area contributed by atoms with Crippen LogP contribution in [-0.2, 0) is 22.6 Å². The number of carbonyl (C=O) groups is 2. The van der Waals surface area contributed by atoms with E-state index in [4.69, 9.17) is 15.3 Å². The number of rotatable bonds is 14. The number of benzene rings is 1. The number of carbonyl (C=O) groups excluding carboxylic acids is 2. The fourth-order valence-electron chi connectivity index (χ4n) is 5.22. The molecule has 1 saturated carbocycles. The number of amides is 3. The largest absolute Gasteiger partial charge is 0.394 e. The van der Waals surface area contributed by atoms with E-state index in [0.29, 0.717) is 32.2 Å². The van der Waals surface area contributed by atoms with E-state index in [-0.39, 0.29) is 31.1 Å². The lowest BCUT2D eigenvalue weighted by molar-refractivity contribution is -0.132. The molecule has 0 bridgehead atoms. The maximum Gasteiger partial charge on any atom is 0.315 e.